The normalized spacial score (nSPS) is 21.3. The van der Waals surface area contributed by atoms with Crippen LogP contribution in [0.2, 0.25) is 0 Å². The van der Waals surface area contributed by atoms with Gasteiger partial charge in [0, 0.05) is 37.0 Å². The molecule has 172 valence electrons. The molecule has 7 heteroatoms. The van der Waals surface area contributed by atoms with E-state index in [9.17, 15) is 9.59 Å². The maximum atomic E-state index is 13.2. The van der Waals surface area contributed by atoms with Crippen LogP contribution in [0.25, 0.3) is 21.3 Å². The van der Waals surface area contributed by atoms with Gasteiger partial charge in [-0.3, -0.25) is 19.5 Å². The van der Waals surface area contributed by atoms with Crippen molar-refractivity contribution in [3.8, 4) is 11.1 Å². The van der Waals surface area contributed by atoms with Crippen LogP contribution in [0, 0.1) is 18.8 Å². The predicted octanol–water partition coefficient (Wildman–Crippen LogP) is 4.26. The second kappa shape index (κ2) is 7.22. The zero-order chi connectivity index (χ0) is 23.0. The Morgan fingerprint density at radius 3 is 2.47 bits per heavy atom. The van der Waals surface area contributed by atoms with Gasteiger partial charge in [-0.05, 0) is 55.9 Å². The van der Waals surface area contributed by atoms with Crippen molar-refractivity contribution in [3.05, 3.63) is 53.0 Å². The number of amides is 2. The molecule has 0 N–H and O–H groups in total. The van der Waals surface area contributed by atoms with E-state index in [1.807, 2.05) is 16.7 Å². The standard InChI is InChI=1S/C27H26N4O2S/c1-16-28-22-12-21(8-9-23(22)34-16)18-2-4-19(5-3-18)24-29-27(10-11-27)26(33)31(24)15-17-13-30(14-17)25(32)20-6-7-20/h2-5,8-9,12,17,20H,6-7,10-11,13-15H2,1H3. The first-order chi connectivity index (χ1) is 16.5. The summed E-state index contributed by atoms with van der Waals surface area (Å²) in [4.78, 5) is 38.9. The Labute approximate surface area is 202 Å². The van der Waals surface area contributed by atoms with Gasteiger partial charge in [-0.25, -0.2) is 4.98 Å². The zero-order valence-corrected chi connectivity index (χ0v) is 20.0. The lowest BCUT2D eigenvalue weighted by Crippen LogP contribution is -2.55. The average Bonchev–Trinajstić information content (AvgIpc) is 3.72. The number of aliphatic imine (C=N–C) groups is 1. The molecular formula is C27H26N4O2S. The number of carbonyl (C=O) groups is 2. The second-order valence-corrected chi connectivity index (χ2v) is 11.5. The fourth-order valence-corrected chi connectivity index (χ4v) is 6.05. The Hall–Kier alpha value is -3.06. The molecule has 2 amide bonds. The molecule has 4 aliphatic rings. The molecule has 2 aromatic carbocycles. The topological polar surface area (TPSA) is 65.9 Å². The summed E-state index contributed by atoms with van der Waals surface area (Å²) in [5.74, 6) is 1.84. The number of carbonyl (C=O) groups excluding carboxylic acids is 2. The van der Waals surface area contributed by atoms with Crippen molar-refractivity contribution in [2.45, 2.75) is 38.1 Å². The van der Waals surface area contributed by atoms with Crippen LogP contribution in [-0.2, 0) is 9.59 Å². The number of benzene rings is 2. The third kappa shape index (κ3) is 3.28. The van der Waals surface area contributed by atoms with Crippen molar-refractivity contribution in [1.82, 2.24) is 14.8 Å². The summed E-state index contributed by atoms with van der Waals surface area (Å²) in [5.41, 5.74) is 3.76. The number of amidine groups is 1. The monoisotopic (exact) mass is 470 g/mol. The predicted molar refractivity (Wildman–Crippen MR) is 133 cm³/mol. The molecule has 34 heavy (non-hydrogen) atoms. The van der Waals surface area contributed by atoms with E-state index in [1.54, 1.807) is 11.3 Å². The summed E-state index contributed by atoms with van der Waals surface area (Å²) in [5, 5.41) is 1.08. The molecule has 7 rings (SSSR count). The molecule has 1 aromatic heterocycles. The Morgan fingerprint density at radius 1 is 1.06 bits per heavy atom. The maximum absolute atomic E-state index is 13.2. The largest absolute Gasteiger partial charge is 0.342 e. The summed E-state index contributed by atoms with van der Waals surface area (Å²) in [7, 11) is 0. The van der Waals surface area contributed by atoms with Gasteiger partial charge >= 0.3 is 0 Å². The van der Waals surface area contributed by atoms with Gasteiger partial charge in [-0.15, -0.1) is 11.3 Å². The molecule has 1 spiro atoms. The SMILES string of the molecule is Cc1nc2cc(-c3ccc(C4=NC5(CC5)C(=O)N4CC4CN(C(=O)C5CC5)C4)cc3)ccc2s1. The first kappa shape index (κ1) is 20.3. The minimum atomic E-state index is -0.519. The van der Waals surface area contributed by atoms with E-state index in [4.69, 9.17) is 4.99 Å². The summed E-state index contributed by atoms with van der Waals surface area (Å²) < 4.78 is 1.20. The highest BCUT2D eigenvalue weighted by molar-refractivity contribution is 7.18. The molecule has 0 unspecified atom stereocenters. The van der Waals surface area contributed by atoms with Gasteiger partial charge in [0.1, 0.15) is 11.4 Å². The van der Waals surface area contributed by atoms with Crippen LogP contribution in [-0.4, -0.2) is 57.6 Å². The van der Waals surface area contributed by atoms with Gasteiger partial charge in [-0.2, -0.15) is 0 Å². The molecule has 0 atom stereocenters. The van der Waals surface area contributed by atoms with Gasteiger partial charge in [0.05, 0.1) is 15.2 Å². The lowest BCUT2D eigenvalue weighted by atomic mass is 9.97. The van der Waals surface area contributed by atoms with Crippen LogP contribution in [0.3, 0.4) is 0 Å². The molecule has 2 saturated carbocycles. The third-order valence-electron chi connectivity index (χ3n) is 7.55. The van der Waals surface area contributed by atoms with E-state index in [0.29, 0.717) is 18.4 Å². The van der Waals surface area contributed by atoms with Crippen molar-refractivity contribution < 1.29 is 9.59 Å². The number of hydrogen-bond donors (Lipinski definition) is 0. The average molecular weight is 471 g/mol. The molecular weight excluding hydrogens is 444 g/mol. The highest BCUT2D eigenvalue weighted by Crippen LogP contribution is 2.46. The van der Waals surface area contributed by atoms with E-state index in [1.165, 1.54) is 4.70 Å². The van der Waals surface area contributed by atoms with Crippen LogP contribution in [0.15, 0.2) is 47.5 Å². The lowest BCUT2D eigenvalue weighted by Gasteiger charge is -2.41. The maximum Gasteiger partial charge on any atom is 0.256 e. The van der Waals surface area contributed by atoms with Crippen LogP contribution in [0.4, 0.5) is 0 Å². The van der Waals surface area contributed by atoms with Crippen LogP contribution >= 0.6 is 11.3 Å². The minimum Gasteiger partial charge on any atom is -0.342 e. The van der Waals surface area contributed by atoms with E-state index in [2.05, 4.69) is 47.4 Å². The van der Waals surface area contributed by atoms with Gasteiger partial charge in [0.15, 0.2) is 0 Å². The molecule has 2 aliphatic heterocycles. The number of likely N-dealkylation sites (tertiary alicyclic amines) is 1. The molecule has 2 aliphatic carbocycles. The number of nitrogens with zero attached hydrogens (tertiary/aromatic N) is 4. The number of rotatable bonds is 5. The first-order valence-corrected chi connectivity index (χ1v) is 13.0. The van der Waals surface area contributed by atoms with Crippen LogP contribution in [0.5, 0.6) is 0 Å². The van der Waals surface area contributed by atoms with Crippen molar-refractivity contribution in [2.24, 2.45) is 16.8 Å². The van der Waals surface area contributed by atoms with E-state index < -0.39 is 5.54 Å². The van der Waals surface area contributed by atoms with E-state index >= 15 is 0 Å². The van der Waals surface area contributed by atoms with Crippen molar-refractivity contribution in [3.63, 3.8) is 0 Å². The lowest BCUT2D eigenvalue weighted by molar-refractivity contribution is -0.139. The van der Waals surface area contributed by atoms with Crippen LogP contribution in [0.1, 0.15) is 36.3 Å². The highest BCUT2D eigenvalue weighted by atomic mass is 32.1. The fourth-order valence-electron chi connectivity index (χ4n) is 5.24. The summed E-state index contributed by atoms with van der Waals surface area (Å²) in [6.45, 7) is 4.20. The number of hydrogen-bond acceptors (Lipinski definition) is 5. The molecule has 1 saturated heterocycles. The molecule has 6 nitrogen and oxygen atoms in total. The van der Waals surface area contributed by atoms with Gasteiger partial charge < -0.3 is 4.90 Å². The molecule has 0 bridgehead atoms. The van der Waals surface area contributed by atoms with Gasteiger partial charge in [0.25, 0.3) is 5.91 Å². The highest BCUT2D eigenvalue weighted by Gasteiger charge is 2.57. The fraction of sp³-hybridized carbons (Fsp3) is 0.407. The molecule has 3 heterocycles. The zero-order valence-electron chi connectivity index (χ0n) is 19.2. The van der Waals surface area contributed by atoms with E-state index in [0.717, 1.165) is 71.8 Å². The Morgan fingerprint density at radius 2 is 1.76 bits per heavy atom. The Bertz CT molecular complexity index is 1360. The summed E-state index contributed by atoms with van der Waals surface area (Å²) >= 11 is 1.71. The number of fused-ring (bicyclic) bond motifs is 1. The molecule has 0 radical (unpaired) electrons. The third-order valence-corrected chi connectivity index (χ3v) is 8.50. The summed E-state index contributed by atoms with van der Waals surface area (Å²) in [6, 6.07) is 14.8. The van der Waals surface area contributed by atoms with Crippen molar-refractivity contribution in [1.29, 1.82) is 0 Å². The van der Waals surface area contributed by atoms with Gasteiger partial charge in [-0.1, -0.05) is 30.3 Å². The second-order valence-electron chi connectivity index (χ2n) is 10.3. The van der Waals surface area contributed by atoms with Crippen molar-refractivity contribution >= 4 is 39.2 Å². The number of thiazole rings is 1. The minimum absolute atomic E-state index is 0.142. The Kier molecular flexibility index (Phi) is 4.31. The van der Waals surface area contributed by atoms with Crippen LogP contribution < -0.4 is 0 Å². The van der Waals surface area contributed by atoms with Gasteiger partial charge in [0.2, 0.25) is 5.91 Å². The first-order valence-electron chi connectivity index (χ1n) is 12.2. The number of aromatic nitrogens is 1. The molecule has 3 aromatic rings. The smallest absolute Gasteiger partial charge is 0.256 e. The van der Waals surface area contributed by atoms with Crippen molar-refractivity contribution in [2.75, 3.05) is 19.6 Å². The number of aryl methyl sites for hydroxylation is 1. The van der Waals surface area contributed by atoms with E-state index in [-0.39, 0.29) is 11.8 Å². The Balaban J connectivity index is 1.11. The molecule has 3 fully saturated rings. The quantitative estimate of drug-likeness (QED) is 0.560. The summed E-state index contributed by atoms with van der Waals surface area (Å²) in [6.07, 6.45) is 3.76.